The molecule has 1 aliphatic rings. The van der Waals surface area contributed by atoms with Crippen LogP contribution in [0.2, 0.25) is 5.02 Å². The van der Waals surface area contributed by atoms with E-state index in [4.69, 9.17) is 27.1 Å². The fourth-order valence-electron chi connectivity index (χ4n) is 4.36. The van der Waals surface area contributed by atoms with Gasteiger partial charge in [-0.05, 0) is 56.5 Å². The molecule has 0 spiro atoms. The van der Waals surface area contributed by atoms with Crippen molar-refractivity contribution in [2.75, 3.05) is 5.73 Å². The number of benzene rings is 2. The molecule has 1 fully saturated rings. The lowest BCUT2D eigenvalue weighted by molar-refractivity contribution is -0.0335. The Labute approximate surface area is 185 Å². The van der Waals surface area contributed by atoms with Gasteiger partial charge in [-0.3, -0.25) is 4.40 Å². The van der Waals surface area contributed by atoms with Gasteiger partial charge in [0.15, 0.2) is 0 Å². The minimum Gasteiger partial charge on any atom is -0.456 e. The van der Waals surface area contributed by atoms with Crippen molar-refractivity contribution in [1.29, 1.82) is 0 Å². The Bertz CT molecular complexity index is 1250. The van der Waals surface area contributed by atoms with Gasteiger partial charge in [0, 0.05) is 23.9 Å². The van der Waals surface area contributed by atoms with E-state index in [1.807, 2.05) is 66.9 Å². The highest BCUT2D eigenvalue weighted by atomic mass is 35.5. The lowest BCUT2D eigenvalue weighted by Crippen LogP contribution is -2.40. The predicted molar refractivity (Wildman–Crippen MR) is 122 cm³/mol. The van der Waals surface area contributed by atoms with Crippen LogP contribution in [-0.4, -0.2) is 25.1 Å². The van der Waals surface area contributed by atoms with E-state index in [1.54, 1.807) is 6.20 Å². The summed E-state index contributed by atoms with van der Waals surface area (Å²) < 4.78 is 7.99. The maximum atomic E-state index is 10.2. The maximum absolute atomic E-state index is 10.2. The second kappa shape index (κ2) is 7.25. The van der Waals surface area contributed by atoms with Crippen LogP contribution >= 0.6 is 11.6 Å². The molecule has 0 unspecified atom stereocenters. The van der Waals surface area contributed by atoms with E-state index < -0.39 is 5.60 Å². The number of nitrogens with zero attached hydrogens (tertiary/aromatic N) is 3. The number of nitrogen functional groups attached to an aromatic ring is 1. The van der Waals surface area contributed by atoms with Crippen LogP contribution in [0, 0.1) is 6.92 Å². The maximum Gasteiger partial charge on any atom is 0.150 e. The van der Waals surface area contributed by atoms with Crippen LogP contribution in [0.4, 0.5) is 5.82 Å². The lowest BCUT2D eigenvalue weighted by Gasteiger charge is -2.40. The predicted octanol–water partition coefficient (Wildman–Crippen LogP) is 5.36. The van der Waals surface area contributed by atoms with Gasteiger partial charge in [0.05, 0.1) is 10.6 Å². The van der Waals surface area contributed by atoms with Crippen LogP contribution in [0.1, 0.15) is 37.1 Å². The Morgan fingerprint density at radius 1 is 1.23 bits per heavy atom. The SMILES string of the molecule is Cc1cc(-c2nc([C@H]3C[C@@](C)(O)C3)n3ccnc(N)c23)cc(Cl)c1Oc1ccccc1. The Kier molecular flexibility index (Phi) is 4.64. The zero-order chi connectivity index (χ0) is 21.8. The van der Waals surface area contributed by atoms with Crippen molar-refractivity contribution in [2.24, 2.45) is 0 Å². The van der Waals surface area contributed by atoms with E-state index in [-0.39, 0.29) is 5.92 Å². The first-order valence-corrected chi connectivity index (χ1v) is 10.6. The second-order valence-corrected chi connectivity index (χ2v) is 8.88. The molecular formula is C24H23ClN4O2. The van der Waals surface area contributed by atoms with Gasteiger partial charge >= 0.3 is 0 Å². The summed E-state index contributed by atoms with van der Waals surface area (Å²) in [4.78, 5) is 9.20. The molecule has 1 aliphatic carbocycles. The molecule has 7 heteroatoms. The van der Waals surface area contributed by atoms with Gasteiger partial charge in [0.25, 0.3) is 0 Å². The first kappa shape index (κ1) is 19.8. The number of fused-ring (bicyclic) bond motifs is 1. The van der Waals surface area contributed by atoms with Gasteiger partial charge in [-0.25, -0.2) is 9.97 Å². The normalized spacial score (nSPS) is 20.6. The summed E-state index contributed by atoms with van der Waals surface area (Å²) in [6.45, 7) is 3.81. The topological polar surface area (TPSA) is 85.7 Å². The van der Waals surface area contributed by atoms with Crippen molar-refractivity contribution in [2.45, 2.75) is 38.2 Å². The molecule has 0 radical (unpaired) electrons. The van der Waals surface area contributed by atoms with E-state index >= 15 is 0 Å². The quantitative estimate of drug-likeness (QED) is 0.451. The molecule has 2 heterocycles. The van der Waals surface area contributed by atoms with Crippen molar-refractivity contribution in [3.05, 3.63) is 71.3 Å². The molecule has 0 saturated heterocycles. The van der Waals surface area contributed by atoms with Gasteiger partial charge in [-0.1, -0.05) is 29.8 Å². The van der Waals surface area contributed by atoms with Crippen LogP contribution in [0.25, 0.3) is 16.8 Å². The molecule has 3 N–H and O–H groups in total. The zero-order valence-corrected chi connectivity index (χ0v) is 18.1. The number of aromatic nitrogens is 3. The van der Waals surface area contributed by atoms with Crippen LogP contribution in [0.5, 0.6) is 11.5 Å². The number of anilines is 1. The Hall–Kier alpha value is -3.09. The number of para-hydroxylation sites is 1. The zero-order valence-electron chi connectivity index (χ0n) is 17.3. The molecular weight excluding hydrogens is 412 g/mol. The monoisotopic (exact) mass is 434 g/mol. The lowest BCUT2D eigenvalue weighted by atomic mass is 9.72. The third-order valence-corrected chi connectivity index (χ3v) is 6.09. The second-order valence-electron chi connectivity index (χ2n) is 8.47. The molecule has 31 heavy (non-hydrogen) atoms. The van der Waals surface area contributed by atoms with Crippen LogP contribution in [0.15, 0.2) is 54.9 Å². The van der Waals surface area contributed by atoms with Crippen molar-refractivity contribution >= 4 is 22.9 Å². The van der Waals surface area contributed by atoms with Crippen molar-refractivity contribution in [3.63, 3.8) is 0 Å². The Morgan fingerprint density at radius 3 is 2.65 bits per heavy atom. The summed E-state index contributed by atoms with van der Waals surface area (Å²) in [6.07, 6.45) is 4.86. The molecule has 1 saturated carbocycles. The molecule has 0 aliphatic heterocycles. The summed E-state index contributed by atoms with van der Waals surface area (Å²) in [5.74, 6) is 2.78. The molecule has 2 aromatic carbocycles. The summed E-state index contributed by atoms with van der Waals surface area (Å²) in [5, 5.41) is 10.7. The van der Waals surface area contributed by atoms with E-state index in [0.29, 0.717) is 29.4 Å². The number of imidazole rings is 1. The molecule has 0 atom stereocenters. The summed E-state index contributed by atoms with van der Waals surface area (Å²) in [5.41, 5.74) is 8.81. The summed E-state index contributed by atoms with van der Waals surface area (Å²) in [7, 11) is 0. The van der Waals surface area contributed by atoms with Gasteiger partial charge < -0.3 is 15.6 Å². The molecule has 0 amide bonds. The molecule has 6 nitrogen and oxygen atoms in total. The highest BCUT2D eigenvalue weighted by Gasteiger charge is 2.41. The van der Waals surface area contributed by atoms with Gasteiger partial charge in [0.2, 0.25) is 0 Å². The van der Waals surface area contributed by atoms with E-state index in [0.717, 1.165) is 33.9 Å². The fourth-order valence-corrected chi connectivity index (χ4v) is 4.67. The van der Waals surface area contributed by atoms with Crippen LogP contribution in [-0.2, 0) is 0 Å². The smallest absolute Gasteiger partial charge is 0.150 e. The fraction of sp³-hybridized carbons (Fsp3) is 0.250. The number of halogens is 1. The number of rotatable bonds is 4. The standard InChI is InChI=1S/C24H23ClN4O2/c1-14-10-15(11-18(25)21(14)31-17-6-4-3-5-7-17)19-20-22(26)27-8-9-29(20)23(28-19)16-12-24(2,30)13-16/h3-11,16,30H,12-13H2,1-2H3,(H2,26,27)/t16-,24+. The van der Waals surface area contributed by atoms with Crippen molar-refractivity contribution in [1.82, 2.24) is 14.4 Å². The van der Waals surface area contributed by atoms with E-state index in [1.165, 1.54) is 0 Å². The number of aliphatic hydroxyl groups is 1. The molecule has 5 rings (SSSR count). The molecule has 4 aromatic rings. The highest BCUT2D eigenvalue weighted by Crippen LogP contribution is 2.46. The largest absolute Gasteiger partial charge is 0.456 e. The van der Waals surface area contributed by atoms with Crippen LogP contribution < -0.4 is 10.5 Å². The highest BCUT2D eigenvalue weighted by molar-refractivity contribution is 6.32. The average Bonchev–Trinajstić information content (AvgIpc) is 3.10. The van der Waals surface area contributed by atoms with E-state index in [9.17, 15) is 5.11 Å². The van der Waals surface area contributed by atoms with Gasteiger partial charge in [-0.2, -0.15) is 0 Å². The first-order valence-electron chi connectivity index (χ1n) is 10.2. The molecule has 0 bridgehead atoms. The van der Waals surface area contributed by atoms with Crippen molar-refractivity contribution in [3.8, 4) is 22.8 Å². The number of ether oxygens (including phenoxy) is 1. The molecule has 158 valence electrons. The van der Waals surface area contributed by atoms with Crippen LogP contribution in [0.3, 0.4) is 0 Å². The summed E-state index contributed by atoms with van der Waals surface area (Å²) >= 11 is 6.63. The number of aryl methyl sites for hydroxylation is 1. The first-order chi connectivity index (χ1) is 14.8. The Morgan fingerprint density at radius 2 is 1.97 bits per heavy atom. The third kappa shape index (κ3) is 3.52. The molecule has 2 aromatic heterocycles. The number of nitrogens with two attached hydrogens (primary N) is 1. The van der Waals surface area contributed by atoms with Crippen molar-refractivity contribution < 1.29 is 9.84 Å². The summed E-state index contributed by atoms with van der Waals surface area (Å²) in [6, 6.07) is 13.4. The number of hydrogen-bond donors (Lipinski definition) is 2. The minimum absolute atomic E-state index is 0.162. The minimum atomic E-state index is -0.647. The van der Waals surface area contributed by atoms with Gasteiger partial charge in [-0.15, -0.1) is 0 Å². The van der Waals surface area contributed by atoms with Gasteiger partial charge in [0.1, 0.15) is 34.4 Å². The Balaban J connectivity index is 1.60. The number of hydrogen-bond acceptors (Lipinski definition) is 5. The average molecular weight is 435 g/mol. The van der Waals surface area contributed by atoms with E-state index in [2.05, 4.69) is 4.98 Å². The third-order valence-electron chi connectivity index (χ3n) is 5.81.